The Hall–Kier alpha value is -3.87. The zero-order valence-corrected chi connectivity index (χ0v) is 17.6. The molecule has 2 aromatic heterocycles. The van der Waals surface area contributed by atoms with Crippen molar-refractivity contribution in [2.45, 2.75) is 12.5 Å². The lowest BCUT2D eigenvalue weighted by Crippen LogP contribution is -2.31. The number of carbonyl (C=O) groups excluding carboxylic acids is 1. The van der Waals surface area contributed by atoms with Crippen LogP contribution in [0.2, 0.25) is 0 Å². The highest BCUT2D eigenvalue weighted by Crippen LogP contribution is 2.24. The van der Waals surface area contributed by atoms with Gasteiger partial charge in [-0.1, -0.05) is 48.5 Å². The predicted molar refractivity (Wildman–Crippen MR) is 122 cm³/mol. The van der Waals surface area contributed by atoms with Crippen molar-refractivity contribution in [2.24, 2.45) is 7.05 Å². The highest BCUT2D eigenvalue weighted by Gasteiger charge is 2.19. The molecular formula is C24H25N5O2. The average Bonchev–Trinajstić information content (AvgIpc) is 3.16. The smallest absolute Gasteiger partial charge is 0.354 e. The van der Waals surface area contributed by atoms with E-state index >= 15 is 0 Å². The van der Waals surface area contributed by atoms with Crippen LogP contribution in [-0.2, 0) is 18.2 Å². The minimum Gasteiger partial charge on any atom is -0.464 e. The molecule has 0 bridgehead atoms. The number of aryl methyl sites for hydroxylation is 1. The Morgan fingerprint density at radius 1 is 1.06 bits per heavy atom. The largest absolute Gasteiger partial charge is 0.464 e. The van der Waals surface area contributed by atoms with Crippen LogP contribution in [0, 0.1) is 0 Å². The molecule has 0 spiro atoms. The average molecular weight is 415 g/mol. The third kappa shape index (κ3) is 4.66. The van der Waals surface area contributed by atoms with Gasteiger partial charge in [-0.3, -0.25) is 0 Å². The van der Waals surface area contributed by atoms with E-state index < -0.39 is 5.97 Å². The molecule has 0 amide bonds. The number of carbonyl (C=O) groups is 1. The second-order valence-corrected chi connectivity index (χ2v) is 7.32. The van der Waals surface area contributed by atoms with Gasteiger partial charge in [-0.25, -0.2) is 14.8 Å². The number of hydrogen-bond donors (Lipinski definition) is 2. The topological polar surface area (TPSA) is 81.1 Å². The number of ether oxygens (including phenoxy) is 1. The van der Waals surface area contributed by atoms with Gasteiger partial charge >= 0.3 is 5.97 Å². The number of aromatic nitrogens is 3. The maximum Gasteiger partial charge on any atom is 0.354 e. The molecule has 2 aromatic carbocycles. The van der Waals surface area contributed by atoms with Gasteiger partial charge in [0.1, 0.15) is 23.5 Å². The van der Waals surface area contributed by atoms with Gasteiger partial charge in [0.15, 0.2) is 0 Å². The third-order valence-corrected chi connectivity index (χ3v) is 5.21. The van der Waals surface area contributed by atoms with Gasteiger partial charge in [0.25, 0.3) is 0 Å². The number of nitrogens with one attached hydrogen (secondary N) is 2. The summed E-state index contributed by atoms with van der Waals surface area (Å²) in [4.78, 5) is 20.9. The molecule has 4 aromatic rings. The molecule has 7 heteroatoms. The molecule has 1 atom stereocenters. The van der Waals surface area contributed by atoms with Crippen LogP contribution >= 0.6 is 0 Å². The molecule has 31 heavy (non-hydrogen) atoms. The fourth-order valence-corrected chi connectivity index (χ4v) is 3.61. The zero-order chi connectivity index (χ0) is 21.6. The summed E-state index contributed by atoms with van der Waals surface area (Å²) < 4.78 is 6.62. The standard InChI is InChI=1S/C24H25N5O2/c1-29-21(24(30)31-2)14-20-22(26-16-27-23(20)29)28-19(13-17-9-5-3-6-10-17)15-25-18-11-7-4-8-12-18/h3-12,14,16,19,25H,13,15H2,1-2H3,(H,26,27,28). The SMILES string of the molecule is COC(=O)c1cc2c(NC(CNc3ccccc3)Cc3ccccc3)ncnc2n1C. The first kappa shape index (κ1) is 20.4. The summed E-state index contributed by atoms with van der Waals surface area (Å²) in [7, 11) is 3.17. The van der Waals surface area contributed by atoms with Gasteiger partial charge < -0.3 is 19.9 Å². The maximum atomic E-state index is 12.1. The maximum absolute atomic E-state index is 12.1. The van der Waals surface area contributed by atoms with Crippen molar-refractivity contribution < 1.29 is 9.53 Å². The van der Waals surface area contributed by atoms with Crippen LogP contribution in [0.4, 0.5) is 11.5 Å². The highest BCUT2D eigenvalue weighted by molar-refractivity contribution is 5.98. The minimum absolute atomic E-state index is 0.0579. The molecule has 7 nitrogen and oxygen atoms in total. The minimum atomic E-state index is -0.405. The molecule has 0 saturated heterocycles. The van der Waals surface area contributed by atoms with Crippen LogP contribution in [0.3, 0.4) is 0 Å². The van der Waals surface area contributed by atoms with Crippen LogP contribution in [0.1, 0.15) is 16.1 Å². The second kappa shape index (κ2) is 9.30. The molecule has 0 fully saturated rings. The summed E-state index contributed by atoms with van der Waals surface area (Å²) in [6.45, 7) is 0.696. The number of anilines is 2. The van der Waals surface area contributed by atoms with Crippen LogP contribution in [0.15, 0.2) is 73.1 Å². The van der Waals surface area contributed by atoms with E-state index in [1.165, 1.54) is 19.0 Å². The summed E-state index contributed by atoms with van der Waals surface area (Å²) in [6.07, 6.45) is 2.32. The van der Waals surface area contributed by atoms with Gasteiger partial charge in [-0.2, -0.15) is 0 Å². The molecule has 2 N–H and O–H groups in total. The lowest BCUT2D eigenvalue weighted by atomic mass is 10.1. The second-order valence-electron chi connectivity index (χ2n) is 7.32. The van der Waals surface area contributed by atoms with Gasteiger partial charge in [-0.15, -0.1) is 0 Å². The van der Waals surface area contributed by atoms with E-state index in [-0.39, 0.29) is 6.04 Å². The third-order valence-electron chi connectivity index (χ3n) is 5.21. The van der Waals surface area contributed by atoms with Crippen molar-refractivity contribution in [3.63, 3.8) is 0 Å². The molecule has 4 rings (SSSR count). The fourth-order valence-electron chi connectivity index (χ4n) is 3.61. The molecule has 158 valence electrons. The first-order valence-electron chi connectivity index (χ1n) is 10.1. The van der Waals surface area contributed by atoms with E-state index in [2.05, 4.69) is 32.7 Å². The van der Waals surface area contributed by atoms with Crippen molar-refractivity contribution in [1.29, 1.82) is 0 Å². The number of hydrogen-bond acceptors (Lipinski definition) is 6. The monoisotopic (exact) mass is 415 g/mol. The van der Waals surface area contributed by atoms with Gasteiger partial charge in [0.2, 0.25) is 0 Å². The van der Waals surface area contributed by atoms with E-state index in [9.17, 15) is 4.79 Å². The van der Waals surface area contributed by atoms with Crippen LogP contribution < -0.4 is 10.6 Å². The quantitative estimate of drug-likeness (QED) is 0.425. The fraction of sp³-hybridized carbons (Fsp3) is 0.208. The molecule has 2 heterocycles. The molecule has 1 unspecified atom stereocenters. The van der Waals surface area contributed by atoms with Gasteiger partial charge in [-0.05, 0) is 30.2 Å². The molecule has 0 aliphatic rings. The number of methoxy groups -OCH3 is 1. The number of fused-ring (bicyclic) bond motifs is 1. The lowest BCUT2D eigenvalue weighted by Gasteiger charge is -2.21. The van der Waals surface area contributed by atoms with E-state index in [0.717, 1.165) is 17.5 Å². The van der Waals surface area contributed by atoms with Crippen LogP contribution in [-0.4, -0.2) is 40.2 Å². The summed E-state index contributed by atoms with van der Waals surface area (Å²) in [5.74, 6) is 0.282. The molecule has 0 radical (unpaired) electrons. The zero-order valence-electron chi connectivity index (χ0n) is 17.6. The number of benzene rings is 2. The van der Waals surface area contributed by atoms with Crippen molar-refractivity contribution in [3.8, 4) is 0 Å². The van der Waals surface area contributed by atoms with Crippen LogP contribution in [0.25, 0.3) is 11.0 Å². The van der Waals surface area contributed by atoms with E-state index in [0.29, 0.717) is 23.7 Å². The van der Waals surface area contributed by atoms with Crippen molar-refractivity contribution >= 4 is 28.5 Å². The first-order chi connectivity index (χ1) is 15.2. The highest BCUT2D eigenvalue weighted by atomic mass is 16.5. The molecule has 0 aliphatic carbocycles. The normalized spacial score (nSPS) is 11.8. The molecule has 0 saturated carbocycles. The first-order valence-corrected chi connectivity index (χ1v) is 10.1. The summed E-state index contributed by atoms with van der Waals surface area (Å²) in [6, 6.07) is 22.3. The van der Waals surface area contributed by atoms with Crippen molar-refractivity contribution in [3.05, 3.63) is 84.3 Å². The number of rotatable bonds is 8. The Morgan fingerprint density at radius 2 is 1.77 bits per heavy atom. The van der Waals surface area contributed by atoms with Gasteiger partial charge in [0, 0.05) is 25.3 Å². The Kier molecular flexibility index (Phi) is 6.12. The van der Waals surface area contributed by atoms with Crippen molar-refractivity contribution in [2.75, 3.05) is 24.3 Å². The number of nitrogens with zero attached hydrogens (tertiary/aromatic N) is 3. The summed E-state index contributed by atoms with van der Waals surface area (Å²) in [5, 5.41) is 7.83. The number of esters is 1. The summed E-state index contributed by atoms with van der Waals surface area (Å²) >= 11 is 0. The van der Waals surface area contributed by atoms with Crippen molar-refractivity contribution in [1.82, 2.24) is 14.5 Å². The Labute approximate surface area is 181 Å². The Morgan fingerprint density at radius 3 is 2.48 bits per heavy atom. The van der Waals surface area contributed by atoms with E-state index in [1.54, 1.807) is 17.7 Å². The van der Waals surface area contributed by atoms with E-state index in [4.69, 9.17) is 4.74 Å². The van der Waals surface area contributed by atoms with E-state index in [1.807, 2.05) is 48.5 Å². The van der Waals surface area contributed by atoms with Gasteiger partial charge in [0.05, 0.1) is 12.5 Å². The lowest BCUT2D eigenvalue weighted by molar-refractivity contribution is 0.0590. The molecular weight excluding hydrogens is 390 g/mol. The summed E-state index contributed by atoms with van der Waals surface area (Å²) in [5.41, 5.74) is 3.39. The Bertz CT molecular complexity index is 1160. The Balaban J connectivity index is 1.62. The molecule has 0 aliphatic heterocycles. The predicted octanol–water partition coefficient (Wildman–Crippen LogP) is 3.89. The number of para-hydroxylation sites is 1. The van der Waals surface area contributed by atoms with Crippen LogP contribution in [0.5, 0.6) is 0 Å².